The highest BCUT2D eigenvalue weighted by molar-refractivity contribution is 6.30. The molecular weight excluding hydrogens is 351 g/mol. The van der Waals surface area contributed by atoms with E-state index in [2.05, 4.69) is 18.7 Å². The van der Waals surface area contributed by atoms with E-state index in [1.807, 2.05) is 12.1 Å². The summed E-state index contributed by atoms with van der Waals surface area (Å²) >= 11 is 5.81. The van der Waals surface area contributed by atoms with E-state index < -0.39 is 0 Å². The predicted octanol–water partition coefficient (Wildman–Crippen LogP) is 3.69. The number of amides is 1. The van der Waals surface area contributed by atoms with Crippen LogP contribution in [0, 0.1) is 0 Å². The van der Waals surface area contributed by atoms with Crippen LogP contribution in [-0.4, -0.2) is 61.3 Å². The molecule has 0 saturated carbocycles. The van der Waals surface area contributed by atoms with Crippen molar-refractivity contribution in [2.45, 2.75) is 26.3 Å². The van der Waals surface area contributed by atoms with Crippen molar-refractivity contribution in [3.63, 3.8) is 0 Å². The van der Waals surface area contributed by atoms with Crippen LogP contribution in [0.3, 0.4) is 0 Å². The summed E-state index contributed by atoms with van der Waals surface area (Å²) in [6, 6.07) is 7.74. The van der Waals surface area contributed by atoms with Gasteiger partial charge in [0.2, 0.25) is 0 Å². The first kappa shape index (κ1) is 20.9. The number of hydrogen-bond donors (Lipinski definition) is 0. The van der Waals surface area contributed by atoms with E-state index in [0.717, 1.165) is 31.9 Å². The van der Waals surface area contributed by atoms with Crippen molar-refractivity contribution in [3.05, 3.63) is 29.3 Å². The van der Waals surface area contributed by atoms with Gasteiger partial charge in [0.25, 0.3) is 0 Å². The fourth-order valence-corrected chi connectivity index (χ4v) is 2.58. The molecule has 1 aliphatic heterocycles. The minimum Gasteiger partial charge on any atom is -0.493 e. The monoisotopic (exact) mass is 376 g/mol. The minimum atomic E-state index is -0.222. The zero-order valence-electron chi connectivity index (χ0n) is 14.2. The molecule has 1 aromatic carbocycles. The highest BCUT2D eigenvalue weighted by atomic mass is 35.5. The van der Waals surface area contributed by atoms with E-state index >= 15 is 0 Å². The second kappa shape index (κ2) is 10.6. The standard InChI is InChI=1S/C17H25ClN2O3.ClH/c1-14(2)19-8-10-20(11-9-19)17(21)23-13-3-12-22-16-6-4-15(18)5-7-16;/h4-7,14H,3,8-13H2,1-2H3;1H. The Hall–Kier alpha value is -1.17. The third-order valence-electron chi connectivity index (χ3n) is 3.90. The summed E-state index contributed by atoms with van der Waals surface area (Å²) in [5.74, 6) is 0.769. The van der Waals surface area contributed by atoms with Gasteiger partial charge in [0.05, 0.1) is 13.2 Å². The van der Waals surface area contributed by atoms with Crippen molar-refractivity contribution in [1.82, 2.24) is 9.80 Å². The number of ether oxygens (including phenoxy) is 2. The Kier molecular flexibility index (Phi) is 9.26. The van der Waals surface area contributed by atoms with E-state index in [4.69, 9.17) is 21.1 Å². The first-order valence-electron chi connectivity index (χ1n) is 8.10. The van der Waals surface area contributed by atoms with Gasteiger partial charge in [-0.3, -0.25) is 4.90 Å². The van der Waals surface area contributed by atoms with Gasteiger partial charge < -0.3 is 14.4 Å². The number of piperazine rings is 1. The third kappa shape index (κ3) is 6.75. The molecule has 0 spiro atoms. The topological polar surface area (TPSA) is 42.0 Å². The molecule has 0 bridgehead atoms. The number of benzene rings is 1. The third-order valence-corrected chi connectivity index (χ3v) is 4.15. The van der Waals surface area contributed by atoms with Crippen LogP contribution in [0.15, 0.2) is 24.3 Å². The highest BCUT2D eigenvalue weighted by Crippen LogP contribution is 2.15. The molecule has 1 aliphatic rings. The summed E-state index contributed by atoms with van der Waals surface area (Å²) in [5, 5.41) is 0.684. The van der Waals surface area contributed by atoms with Crippen molar-refractivity contribution in [1.29, 1.82) is 0 Å². The largest absolute Gasteiger partial charge is 0.493 e. The summed E-state index contributed by atoms with van der Waals surface area (Å²) < 4.78 is 10.9. The molecule has 1 aromatic rings. The van der Waals surface area contributed by atoms with Crippen LogP contribution in [0.1, 0.15) is 20.3 Å². The Morgan fingerprint density at radius 1 is 1.12 bits per heavy atom. The molecule has 7 heteroatoms. The van der Waals surface area contributed by atoms with Gasteiger partial charge >= 0.3 is 6.09 Å². The number of hydrogen-bond acceptors (Lipinski definition) is 4. The first-order valence-corrected chi connectivity index (χ1v) is 8.48. The van der Waals surface area contributed by atoms with Gasteiger partial charge in [0.1, 0.15) is 5.75 Å². The number of carbonyl (C=O) groups is 1. The minimum absolute atomic E-state index is 0. The van der Waals surface area contributed by atoms with Crippen LogP contribution in [0.25, 0.3) is 0 Å². The molecule has 5 nitrogen and oxygen atoms in total. The molecule has 24 heavy (non-hydrogen) atoms. The lowest BCUT2D eigenvalue weighted by Gasteiger charge is -2.36. The van der Waals surface area contributed by atoms with Crippen LogP contribution in [-0.2, 0) is 4.74 Å². The summed E-state index contributed by atoms with van der Waals surface area (Å²) in [5.41, 5.74) is 0. The van der Waals surface area contributed by atoms with Crippen molar-refractivity contribution < 1.29 is 14.3 Å². The molecule has 1 heterocycles. The molecular formula is C17H26Cl2N2O3. The highest BCUT2D eigenvalue weighted by Gasteiger charge is 2.23. The maximum absolute atomic E-state index is 12.0. The summed E-state index contributed by atoms with van der Waals surface area (Å²) in [4.78, 5) is 16.1. The van der Waals surface area contributed by atoms with E-state index in [9.17, 15) is 4.79 Å². The Balaban J connectivity index is 0.00000288. The van der Waals surface area contributed by atoms with Gasteiger partial charge in [-0.15, -0.1) is 12.4 Å². The number of rotatable bonds is 6. The summed E-state index contributed by atoms with van der Waals surface area (Å²) in [6.45, 7) is 8.52. The maximum atomic E-state index is 12.0. The maximum Gasteiger partial charge on any atom is 0.409 e. The van der Waals surface area contributed by atoms with Crippen molar-refractivity contribution in [2.75, 3.05) is 39.4 Å². The SMILES string of the molecule is CC(C)N1CCN(C(=O)OCCCOc2ccc(Cl)cc2)CC1.Cl. The molecule has 0 atom stereocenters. The van der Waals surface area contributed by atoms with Crippen molar-refractivity contribution in [2.24, 2.45) is 0 Å². The average Bonchev–Trinajstić information content (AvgIpc) is 2.56. The van der Waals surface area contributed by atoms with Gasteiger partial charge in [-0.2, -0.15) is 0 Å². The fourth-order valence-electron chi connectivity index (χ4n) is 2.45. The quantitative estimate of drug-likeness (QED) is 0.709. The molecule has 1 saturated heterocycles. The average molecular weight is 377 g/mol. The van der Waals surface area contributed by atoms with Crippen LogP contribution in [0.2, 0.25) is 5.02 Å². The van der Waals surface area contributed by atoms with Gasteiger partial charge in [0.15, 0.2) is 0 Å². The smallest absolute Gasteiger partial charge is 0.409 e. The molecule has 0 aliphatic carbocycles. The van der Waals surface area contributed by atoms with E-state index in [-0.39, 0.29) is 18.5 Å². The zero-order valence-corrected chi connectivity index (χ0v) is 15.8. The fraction of sp³-hybridized carbons (Fsp3) is 0.588. The lowest BCUT2D eigenvalue weighted by Crippen LogP contribution is -2.50. The van der Waals surface area contributed by atoms with Gasteiger partial charge in [-0.1, -0.05) is 11.6 Å². The summed E-state index contributed by atoms with van der Waals surface area (Å²) in [6.07, 6.45) is 0.445. The molecule has 0 N–H and O–H groups in total. The number of carbonyl (C=O) groups excluding carboxylic acids is 1. The van der Waals surface area contributed by atoms with Crippen LogP contribution in [0.5, 0.6) is 5.75 Å². The van der Waals surface area contributed by atoms with E-state index in [1.165, 1.54) is 0 Å². The van der Waals surface area contributed by atoms with Crippen LogP contribution < -0.4 is 4.74 Å². The Labute approximate surface area is 155 Å². The number of halogens is 2. The molecule has 0 aromatic heterocycles. The van der Waals surface area contributed by atoms with Gasteiger partial charge in [-0.25, -0.2) is 4.79 Å². The molecule has 1 amide bonds. The van der Waals surface area contributed by atoms with Crippen molar-refractivity contribution in [3.8, 4) is 5.75 Å². The zero-order chi connectivity index (χ0) is 16.7. The lowest BCUT2D eigenvalue weighted by atomic mass is 10.2. The second-order valence-corrected chi connectivity index (χ2v) is 6.32. The Bertz CT molecular complexity index is 489. The summed E-state index contributed by atoms with van der Waals surface area (Å²) in [7, 11) is 0. The molecule has 0 radical (unpaired) electrons. The molecule has 136 valence electrons. The first-order chi connectivity index (χ1) is 11.1. The van der Waals surface area contributed by atoms with Gasteiger partial charge in [0, 0.05) is 43.7 Å². The van der Waals surface area contributed by atoms with Crippen LogP contribution >= 0.6 is 24.0 Å². The van der Waals surface area contributed by atoms with Crippen molar-refractivity contribution >= 4 is 30.1 Å². The lowest BCUT2D eigenvalue weighted by molar-refractivity contribution is 0.0655. The molecule has 1 fully saturated rings. The second-order valence-electron chi connectivity index (χ2n) is 5.89. The normalized spacial score (nSPS) is 15.1. The Morgan fingerprint density at radius 2 is 1.75 bits per heavy atom. The van der Waals surface area contributed by atoms with Gasteiger partial charge in [-0.05, 0) is 38.1 Å². The van der Waals surface area contributed by atoms with E-state index in [1.54, 1.807) is 17.0 Å². The molecule has 2 rings (SSSR count). The van der Waals surface area contributed by atoms with Crippen LogP contribution in [0.4, 0.5) is 4.79 Å². The predicted molar refractivity (Wildman–Crippen MR) is 98.4 cm³/mol. The Morgan fingerprint density at radius 3 is 2.33 bits per heavy atom. The van der Waals surface area contributed by atoms with E-state index in [0.29, 0.717) is 30.7 Å². The molecule has 0 unspecified atom stereocenters. The number of nitrogens with zero attached hydrogens (tertiary/aromatic N) is 2.